The summed E-state index contributed by atoms with van der Waals surface area (Å²) in [5.74, 6) is 1.11. The average molecular weight is 287 g/mol. The van der Waals surface area contributed by atoms with Gasteiger partial charge in [0.1, 0.15) is 5.82 Å². The zero-order valence-electron chi connectivity index (χ0n) is 13.6. The van der Waals surface area contributed by atoms with E-state index in [0.717, 1.165) is 50.6 Å². The molecule has 0 saturated heterocycles. The normalized spacial score (nSPS) is 14.2. The van der Waals surface area contributed by atoms with Crippen LogP contribution in [0.15, 0.2) is 24.8 Å². The van der Waals surface area contributed by atoms with Gasteiger partial charge in [0, 0.05) is 31.9 Å². The number of unbranched alkanes of at least 4 members (excludes halogenated alkanes) is 1. The number of hydrogen-bond acceptors (Lipinski definition) is 3. The zero-order valence-corrected chi connectivity index (χ0v) is 13.6. The molecule has 1 aliphatic rings. The fourth-order valence-electron chi connectivity index (χ4n) is 2.45. The topological polar surface area (TPSA) is 28.2 Å². The van der Waals surface area contributed by atoms with Crippen molar-refractivity contribution in [3.8, 4) is 0 Å². The molecule has 3 heteroatoms. The molecule has 1 aromatic rings. The van der Waals surface area contributed by atoms with Crippen molar-refractivity contribution in [2.45, 2.75) is 58.0 Å². The molecule has 0 radical (unpaired) electrons. The molecular weight excluding hydrogens is 258 g/mol. The van der Waals surface area contributed by atoms with E-state index in [0.29, 0.717) is 0 Å². The third-order valence-corrected chi connectivity index (χ3v) is 3.90. The molecule has 1 saturated carbocycles. The fraction of sp³-hybridized carbons (Fsp3) is 0.611. The third kappa shape index (κ3) is 5.50. The van der Waals surface area contributed by atoms with Crippen LogP contribution in [-0.2, 0) is 13.0 Å². The summed E-state index contributed by atoms with van der Waals surface area (Å²) in [7, 11) is 2.14. The lowest BCUT2D eigenvalue weighted by atomic mass is 10.1. The summed E-state index contributed by atoms with van der Waals surface area (Å²) in [6.07, 6.45) is 9.06. The van der Waals surface area contributed by atoms with E-state index in [-0.39, 0.29) is 0 Å². The molecular formula is C18H29N3. The number of anilines is 1. The first kappa shape index (κ1) is 16.0. The van der Waals surface area contributed by atoms with Crippen LogP contribution < -0.4 is 10.2 Å². The van der Waals surface area contributed by atoms with Crippen molar-refractivity contribution in [3.05, 3.63) is 36.0 Å². The highest BCUT2D eigenvalue weighted by molar-refractivity contribution is 5.42. The Hall–Kier alpha value is -1.35. The van der Waals surface area contributed by atoms with E-state index in [1.165, 1.54) is 24.1 Å². The first-order chi connectivity index (χ1) is 10.2. The van der Waals surface area contributed by atoms with Crippen LogP contribution in [0.25, 0.3) is 0 Å². The van der Waals surface area contributed by atoms with Gasteiger partial charge < -0.3 is 10.2 Å². The molecule has 21 heavy (non-hydrogen) atoms. The number of pyridine rings is 1. The van der Waals surface area contributed by atoms with Crippen LogP contribution in [0.1, 0.15) is 50.3 Å². The van der Waals surface area contributed by atoms with Gasteiger partial charge in [-0.15, -0.1) is 6.58 Å². The van der Waals surface area contributed by atoms with Crippen molar-refractivity contribution in [2.75, 3.05) is 18.5 Å². The van der Waals surface area contributed by atoms with E-state index in [1.807, 2.05) is 6.08 Å². The van der Waals surface area contributed by atoms with Gasteiger partial charge in [-0.05, 0) is 49.8 Å². The molecule has 1 fully saturated rings. The van der Waals surface area contributed by atoms with Crippen LogP contribution in [0.4, 0.5) is 5.82 Å². The number of aryl methyl sites for hydroxylation is 1. The quantitative estimate of drug-likeness (QED) is 0.525. The molecule has 0 aliphatic heterocycles. The second-order valence-corrected chi connectivity index (χ2v) is 6.08. The predicted molar refractivity (Wildman–Crippen MR) is 90.8 cm³/mol. The van der Waals surface area contributed by atoms with Crippen molar-refractivity contribution in [3.63, 3.8) is 0 Å². The van der Waals surface area contributed by atoms with Gasteiger partial charge >= 0.3 is 0 Å². The number of rotatable bonds is 10. The molecule has 0 spiro atoms. The molecule has 0 amide bonds. The minimum atomic E-state index is 0.751. The summed E-state index contributed by atoms with van der Waals surface area (Å²) in [6.45, 7) is 8.00. The van der Waals surface area contributed by atoms with Gasteiger partial charge in [0.05, 0.1) is 0 Å². The Morgan fingerprint density at radius 3 is 2.90 bits per heavy atom. The first-order valence-electron chi connectivity index (χ1n) is 8.28. The summed E-state index contributed by atoms with van der Waals surface area (Å²) < 4.78 is 0. The van der Waals surface area contributed by atoms with Crippen LogP contribution in [0.3, 0.4) is 0 Å². The number of nitrogens with zero attached hydrogens (tertiary/aromatic N) is 2. The van der Waals surface area contributed by atoms with E-state index in [4.69, 9.17) is 4.98 Å². The highest BCUT2D eigenvalue weighted by Crippen LogP contribution is 2.21. The molecule has 0 bridgehead atoms. The summed E-state index contributed by atoms with van der Waals surface area (Å²) in [6, 6.07) is 5.25. The Kier molecular flexibility index (Phi) is 6.24. The minimum Gasteiger partial charge on any atom is -0.360 e. The van der Waals surface area contributed by atoms with Gasteiger partial charge in [-0.1, -0.05) is 19.4 Å². The minimum absolute atomic E-state index is 0.751. The SMILES string of the molecule is C=CCCCN(C)c1cc(CNC2CC2)cc(CCC)n1. The summed E-state index contributed by atoms with van der Waals surface area (Å²) in [5.41, 5.74) is 2.59. The Labute approximate surface area is 129 Å². The molecule has 3 nitrogen and oxygen atoms in total. The Morgan fingerprint density at radius 2 is 2.24 bits per heavy atom. The van der Waals surface area contributed by atoms with E-state index in [1.54, 1.807) is 0 Å². The first-order valence-corrected chi connectivity index (χ1v) is 8.28. The van der Waals surface area contributed by atoms with Gasteiger partial charge in [0.25, 0.3) is 0 Å². The molecule has 0 unspecified atom stereocenters. The maximum absolute atomic E-state index is 4.82. The highest BCUT2D eigenvalue weighted by Gasteiger charge is 2.20. The van der Waals surface area contributed by atoms with Gasteiger partial charge in [0.2, 0.25) is 0 Å². The molecule has 0 aromatic carbocycles. The van der Waals surface area contributed by atoms with Gasteiger partial charge in [-0.3, -0.25) is 0 Å². The van der Waals surface area contributed by atoms with Crippen molar-refractivity contribution in [1.29, 1.82) is 0 Å². The molecule has 0 atom stereocenters. The van der Waals surface area contributed by atoms with Crippen LogP contribution in [0.2, 0.25) is 0 Å². The molecule has 1 heterocycles. The standard InChI is InChI=1S/C18H29N3/c1-4-6-7-11-21(3)18-13-15(14-19-16-9-10-16)12-17(20-18)8-5-2/h4,12-13,16,19H,1,5-11,14H2,2-3H3. The molecule has 1 aromatic heterocycles. The monoisotopic (exact) mass is 287 g/mol. The summed E-state index contributed by atoms with van der Waals surface area (Å²) in [5, 5.41) is 3.60. The van der Waals surface area contributed by atoms with E-state index >= 15 is 0 Å². The zero-order chi connectivity index (χ0) is 15.1. The maximum atomic E-state index is 4.82. The van der Waals surface area contributed by atoms with Crippen LogP contribution in [-0.4, -0.2) is 24.6 Å². The number of nitrogens with one attached hydrogen (secondary N) is 1. The van der Waals surface area contributed by atoms with Crippen molar-refractivity contribution >= 4 is 5.82 Å². The Balaban J connectivity index is 2.03. The van der Waals surface area contributed by atoms with Crippen LogP contribution >= 0.6 is 0 Å². The van der Waals surface area contributed by atoms with Gasteiger partial charge in [-0.2, -0.15) is 0 Å². The smallest absolute Gasteiger partial charge is 0.128 e. The van der Waals surface area contributed by atoms with E-state index in [2.05, 4.69) is 42.9 Å². The van der Waals surface area contributed by atoms with Crippen molar-refractivity contribution in [2.24, 2.45) is 0 Å². The van der Waals surface area contributed by atoms with Crippen molar-refractivity contribution in [1.82, 2.24) is 10.3 Å². The lowest BCUT2D eigenvalue weighted by molar-refractivity contribution is 0.684. The number of hydrogen-bond donors (Lipinski definition) is 1. The average Bonchev–Trinajstić information content (AvgIpc) is 3.30. The number of aromatic nitrogens is 1. The van der Waals surface area contributed by atoms with Gasteiger partial charge in [0.15, 0.2) is 0 Å². The second kappa shape index (κ2) is 8.18. The lowest BCUT2D eigenvalue weighted by Gasteiger charge is -2.20. The van der Waals surface area contributed by atoms with Gasteiger partial charge in [-0.25, -0.2) is 4.98 Å². The van der Waals surface area contributed by atoms with Crippen LogP contribution in [0.5, 0.6) is 0 Å². The van der Waals surface area contributed by atoms with E-state index < -0.39 is 0 Å². The predicted octanol–water partition coefficient (Wildman–Crippen LogP) is 3.69. The molecule has 1 N–H and O–H groups in total. The highest BCUT2D eigenvalue weighted by atomic mass is 15.2. The number of allylic oxidation sites excluding steroid dienone is 1. The summed E-state index contributed by atoms with van der Waals surface area (Å²) >= 11 is 0. The largest absolute Gasteiger partial charge is 0.360 e. The molecule has 2 rings (SSSR count). The summed E-state index contributed by atoms with van der Waals surface area (Å²) in [4.78, 5) is 7.08. The van der Waals surface area contributed by atoms with E-state index in [9.17, 15) is 0 Å². The Bertz CT molecular complexity index is 452. The van der Waals surface area contributed by atoms with Crippen molar-refractivity contribution < 1.29 is 0 Å². The molecule has 116 valence electrons. The van der Waals surface area contributed by atoms with Crippen LogP contribution in [0, 0.1) is 0 Å². The maximum Gasteiger partial charge on any atom is 0.128 e. The second-order valence-electron chi connectivity index (χ2n) is 6.08. The Morgan fingerprint density at radius 1 is 1.43 bits per heavy atom. The third-order valence-electron chi connectivity index (χ3n) is 3.90. The fourth-order valence-corrected chi connectivity index (χ4v) is 2.45. The lowest BCUT2D eigenvalue weighted by Crippen LogP contribution is -2.21. The molecule has 1 aliphatic carbocycles.